The Hall–Kier alpha value is -4.41. The van der Waals surface area contributed by atoms with Crippen LogP contribution in [0.15, 0.2) is 82.1 Å². The first kappa shape index (κ1) is 21.8. The zero-order chi connectivity index (χ0) is 23.4. The topological polar surface area (TPSA) is 102 Å². The van der Waals surface area contributed by atoms with Crippen LogP contribution in [0.5, 0.6) is 5.75 Å². The van der Waals surface area contributed by atoms with E-state index in [0.29, 0.717) is 33.5 Å². The van der Waals surface area contributed by atoms with Gasteiger partial charge < -0.3 is 19.7 Å². The fraction of sp³-hybridized carbons (Fsp3) is 0.115. The van der Waals surface area contributed by atoms with Gasteiger partial charge in [0.1, 0.15) is 5.75 Å². The van der Waals surface area contributed by atoms with Crippen LogP contribution < -0.4 is 15.7 Å². The van der Waals surface area contributed by atoms with Crippen LogP contribution >= 0.6 is 0 Å². The third-order valence-electron chi connectivity index (χ3n) is 5.15. The Kier molecular flexibility index (Phi) is 5.94. The summed E-state index contributed by atoms with van der Waals surface area (Å²) < 4.78 is 9.91. The highest BCUT2D eigenvalue weighted by molar-refractivity contribution is 6.01. The third-order valence-corrected chi connectivity index (χ3v) is 5.15. The second-order valence-electron chi connectivity index (χ2n) is 7.32. The molecule has 0 bridgehead atoms. The number of hydrogen-bond acceptors (Lipinski definition) is 6. The van der Waals surface area contributed by atoms with Crippen molar-refractivity contribution in [3.8, 4) is 17.6 Å². The van der Waals surface area contributed by atoms with Crippen molar-refractivity contribution in [3.05, 3.63) is 100 Å². The van der Waals surface area contributed by atoms with E-state index in [1.165, 1.54) is 13.2 Å². The van der Waals surface area contributed by atoms with Gasteiger partial charge in [0.05, 0.1) is 18.2 Å². The minimum absolute atomic E-state index is 0.281. The summed E-state index contributed by atoms with van der Waals surface area (Å²) in [5, 5.41) is 18.7. The fourth-order valence-electron chi connectivity index (χ4n) is 3.31. The molecular formula is C26H20N2O5. The van der Waals surface area contributed by atoms with Crippen LogP contribution in [0.25, 0.3) is 10.8 Å². The standard InChI is InChI=1S/C26H20N2O5/c1-17-23-16-20(10-13-22(23)24(29)33-28-17)27-25(30)26(31,15-14-18-6-4-3-5-7-18)19-8-11-21(32-2)12-9-19/h3-13,16,31H,1-2H3,(H,27,30). The molecule has 1 aromatic heterocycles. The maximum absolute atomic E-state index is 13.3. The number of aliphatic hydroxyl groups is 1. The minimum Gasteiger partial charge on any atom is -0.497 e. The van der Waals surface area contributed by atoms with Crippen LogP contribution in [0, 0.1) is 18.8 Å². The molecule has 1 heterocycles. The van der Waals surface area contributed by atoms with Gasteiger partial charge in [-0.15, -0.1) is 0 Å². The number of rotatable bonds is 4. The number of nitrogens with zero attached hydrogens (tertiary/aromatic N) is 1. The second-order valence-corrected chi connectivity index (χ2v) is 7.32. The first-order chi connectivity index (χ1) is 15.9. The summed E-state index contributed by atoms with van der Waals surface area (Å²) in [7, 11) is 1.53. The molecule has 0 radical (unpaired) electrons. The van der Waals surface area contributed by atoms with Crippen LogP contribution in [0.2, 0.25) is 0 Å². The quantitative estimate of drug-likeness (QED) is 0.472. The molecule has 1 atom stereocenters. The van der Waals surface area contributed by atoms with Crippen LogP contribution in [-0.2, 0) is 10.4 Å². The lowest BCUT2D eigenvalue weighted by Crippen LogP contribution is -2.39. The van der Waals surface area contributed by atoms with E-state index in [1.807, 2.05) is 18.2 Å². The summed E-state index contributed by atoms with van der Waals surface area (Å²) in [6.07, 6.45) is 0. The zero-order valence-electron chi connectivity index (χ0n) is 18.0. The van der Waals surface area contributed by atoms with E-state index in [9.17, 15) is 14.7 Å². The number of hydrogen-bond donors (Lipinski definition) is 2. The van der Waals surface area contributed by atoms with E-state index in [4.69, 9.17) is 9.26 Å². The summed E-state index contributed by atoms with van der Waals surface area (Å²) in [5.74, 6) is 5.42. The summed E-state index contributed by atoms with van der Waals surface area (Å²) in [5.41, 5.74) is -0.927. The Morgan fingerprint density at radius 2 is 1.79 bits per heavy atom. The van der Waals surface area contributed by atoms with Crippen molar-refractivity contribution in [2.75, 3.05) is 12.4 Å². The predicted octanol–water partition coefficient (Wildman–Crippen LogP) is 3.38. The molecule has 7 heteroatoms. The Bertz CT molecular complexity index is 1430. The number of fused-ring (bicyclic) bond motifs is 1. The van der Waals surface area contributed by atoms with E-state index in [0.717, 1.165) is 0 Å². The monoisotopic (exact) mass is 440 g/mol. The van der Waals surface area contributed by atoms with Crippen LogP contribution in [0.4, 0.5) is 5.69 Å². The lowest BCUT2D eigenvalue weighted by Gasteiger charge is -2.22. The van der Waals surface area contributed by atoms with Gasteiger partial charge in [-0.2, -0.15) is 0 Å². The SMILES string of the molecule is COc1ccc(C(O)(C#Cc2ccccc2)C(=O)Nc2ccc3c(=O)onc(C)c3c2)cc1. The molecule has 3 aromatic carbocycles. The molecule has 0 aliphatic heterocycles. The number of aryl methyl sites for hydroxylation is 1. The van der Waals surface area contributed by atoms with Gasteiger partial charge in [-0.05, 0) is 55.3 Å². The van der Waals surface area contributed by atoms with Gasteiger partial charge in [0.15, 0.2) is 0 Å². The number of carbonyl (C=O) groups is 1. The van der Waals surface area contributed by atoms with Gasteiger partial charge in [-0.3, -0.25) is 4.79 Å². The molecule has 33 heavy (non-hydrogen) atoms. The summed E-state index contributed by atoms with van der Waals surface area (Å²) in [4.78, 5) is 25.2. The molecule has 0 spiro atoms. The average molecular weight is 440 g/mol. The van der Waals surface area contributed by atoms with E-state index < -0.39 is 17.1 Å². The van der Waals surface area contributed by atoms with E-state index in [2.05, 4.69) is 22.3 Å². The molecule has 0 fully saturated rings. The first-order valence-corrected chi connectivity index (χ1v) is 10.1. The number of nitrogens with one attached hydrogen (secondary N) is 1. The third kappa shape index (κ3) is 4.47. The molecule has 0 aliphatic carbocycles. The summed E-state index contributed by atoms with van der Waals surface area (Å²) >= 11 is 0. The van der Waals surface area contributed by atoms with E-state index in [1.54, 1.807) is 55.5 Å². The normalized spacial score (nSPS) is 12.3. The Morgan fingerprint density at radius 1 is 1.06 bits per heavy atom. The number of benzene rings is 3. The highest BCUT2D eigenvalue weighted by atomic mass is 16.5. The molecular weight excluding hydrogens is 420 g/mol. The maximum Gasteiger partial charge on any atom is 0.366 e. The van der Waals surface area contributed by atoms with E-state index in [-0.39, 0.29) is 5.56 Å². The maximum atomic E-state index is 13.3. The van der Waals surface area contributed by atoms with Gasteiger partial charge in [0.2, 0.25) is 5.60 Å². The van der Waals surface area contributed by atoms with Crippen molar-refractivity contribution < 1.29 is 19.2 Å². The Morgan fingerprint density at radius 3 is 2.48 bits per heavy atom. The van der Waals surface area contributed by atoms with Crippen molar-refractivity contribution in [2.24, 2.45) is 0 Å². The summed E-state index contributed by atoms with van der Waals surface area (Å²) in [6.45, 7) is 1.69. The lowest BCUT2D eigenvalue weighted by molar-refractivity contribution is -0.129. The molecule has 0 saturated carbocycles. The average Bonchev–Trinajstić information content (AvgIpc) is 2.85. The van der Waals surface area contributed by atoms with Crippen LogP contribution in [0.1, 0.15) is 16.8 Å². The molecule has 164 valence electrons. The number of amides is 1. The molecule has 1 amide bonds. The van der Waals surface area contributed by atoms with Gasteiger partial charge >= 0.3 is 5.63 Å². The number of methoxy groups -OCH3 is 1. The second kappa shape index (κ2) is 8.99. The number of aromatic nitrogens is 1. The van der Waals surface area contributed by atoms with Gasteiger partial charge in [-0.25, -0.2) is 4.79 Å². The van der Waals surface area contributed by atoms with Crippen LogP contribution in [-0.4, -0.2) is 23.3 Å². The predicted molar refractivity (Wildman–Crippen MR) is 124 cm³/mol. The summed E-state index contributed by atoms with van der Waals surface area (Å²) in [6, 6.07) is 20.2. The number of anilines is 1. The van der Waals surface area contributed by atoms with Gasteiger partial charge in [0.25, 0.3) is 5.91 Å². The van der Waals surface area contributed by atoms with Crippen molar-refractivity contribution in [1.29, 1.82) is 0 Å². The molecule has 4 rings (SSSR count). The van der Waals surface area contributed by atoms with E-state index >= 15 is 0 Å². The van der Waals surface area contributed by atoms with Gasteiger partial charge in [-0.1, -0.05) is 41.4 Å². The van der Waals surface area contributed by atoms with Crippen LogP contribution in [0.3, 0.4) is 0 Å². The van der Waals surface area contributed by atoms with Crippen molar-refractivity contribution in [3.63, 3.8) is 0 Å². The number of carbonyl (C=O) groups excluding carboxylic acids is 1. The zero-order valence-corrected chi connectivity index (χ0v) is 18.0. The molecule has 0 saturated heterocycles. The largest absolute Gasteiger partial charge is 0.497 e. The smallest absolute Gasteiger partial charge is 0.366 e. The lowest BCUT2D eigenvalue weighted by atomic mass is 9.92. The molecule has 1 unspecified atom stereocenters. The minimum atomic E-state index is -2.15. The molecule has 0 aliphatic rings. The van der Waals surface area contributed by atoms with Crippen molar-refractivity contribution in [1.82, 2.24) is 5.16 Å². The molecule has 4 aromatic rings. The van der Waals surface area contributed by atoms with Crippen molar-refractivity contribution >= 4 is 22.4 Å². The number of ether oxygens (including phenoxy) is 1. The molecule has 2 N–H and O–H groups in total. The Labute approximate surface area is 189 Å². The highest BCUT2D eigenvalue weighted by Gasteiger charge is 2.36. The first-order valence-electron chi connectivity index (χ1n) is 10.1. The van der Waals surface area contributed by atoms with Gasteiger partial charge in [0, 0.05) is 22.2 Å². The van der Waals surface area contributed by atoms with Crippen molar-refractivity contribution in [2.45, 2.75) is 12.5 Å². The highest BCUT2D eigenvalue weighted by Crippen LogP contribution is 2.26. The molecule has 7 nitrogen and oxygen atoms in total. The fourth-order valence-corrected chi connectivity index (χ4v) is 3.31. The Balaban J connectivity index is 1.74.